The maximum atomic E-state index is 12.0. The standard InChI is InChI=1S/C16H14N4O2/c17-19-15(21)10-6-5-9-7-14(16(22)20-18)12-4-2-1-3-11(12)13(9)8-10/h1-8H,17-18H2,(H,19,21)(H,20,22). The summed E-state index contributed by atoms with van der Waals surface area (Å²) in [5.41, 5.74) is 5.21. The normalized spacial score (nSPS) is 10.6. The first-order chi connectivity index (χ1) is 10.7. The van der Waals surface area contributed by atoms with Crippen molar-refractivity contribution in [2.24, 2.45) is 11.7 Å². The SMILES string of the molecule is NNC(=O)c1ccc2cc(C(=O)NN)c3ccccc3c2c1. The number of carbonyl (C=O) groups is 2. The molecule has 0 fully saturated rings. The van der Waals surface area contributed by atoms with E-state index in [0.717, 1.165) is 21.5 Å². The Kier molecular flexibility index (Phi) is 3.46. The van der Waals surface area contributed by atoms with Crippen LogP contribution in [0.2, 0.25) is 0 Å². The van der Waals surface area contributed by atoms with Crippen LogP contribution in [0.15, 0.2) is 48.5 Å². The van der Waals surface area contributed by atoms with Crippen molar-refractivity contribution in [2.45, 2.75) is 0 Å². The summed E-state index contributed by atoms with van der Waals surface area (Å²) in [5, 5.41) is 3.34. The molecule has 6 heteroatoms. The first kappa shape index (κ1) is 14.0. The van der Waals surface area contributed by atoms with E-state index >= 15 is 0 Å². The maximum Gasteiger partial charge on any atom is 0.265 e. The summed E-state index contributed by atoms with van der Waals surface area (Å²) in [6.45, 7) is 0. The molecule has 0 aliphatic carbocycles. The van der Waals surface area contributed by atoms with E-state index in [-0.39, 0.29) is 11.8 Å². The molecule has 0 aliphatic heterocycles. The monoisotopic (exact) mass is 294 g/mol. The Hall–Kier alpha value is -2.96. The van der Waals surface area contributed by atoms with Gasteiger partial charge in [0.2, 0.25) is 0 Å². The fourth-order valence-electron chi connectivity index (χ4n) is 2.59. The molecule has 0 aromatic heterocycles. The number of hydrazine groups is 2. The van der Waals surface area contributed by atoms with E-state index in [1.807, 2.05) is 24.3 Å². The molecule has 6 nitrogen and oxygen atoms in total. The van der Waals surface area contributed by atoms with Gasteiger partial charge in [0.15, 0.2) is 0 Å². The Morgan fingerprint density at radius 3 is 2.14 bits per heavy atom. The van der Waals surface area contributed by atoms with E-state index in [9.17, 15) is 9.59 Å². The quantitative estimate of drug-likeness (QED) is 0.246. The average Bonchev–Trinajstić information content (AvgIpc) is 2.59. The maximum absolute atomic E-state index is 12.0. The van der Waals surface area contributed by atoms with Crippen molar-refractivity contribution in [3.05, 3.63) is 59.7 Å². The van der Waals surface area contributed by atoms with Gasteiger partial charge in [-0.05, 0) is 39.7 Å². The van der Waals surface area contributed by atoms with Crippen molar-refractivity contribution in [3.63, 3.8) is 0 Å². The highest BCUT2D eigenvalue weighted by Crippen LogP contribution is 2.29. The van der Waals surface area contributed by atoms with Crippen LogP contribution in [0.5, 0.6) is 0 Å². The highest BCUT2D eigenvalue weighted by atomic mass is 16.2. The van der Waals surface area contributed by atoms with Crippen molar-refractivity contribution >= 4 is 33.4 Å². The van der Waals surface area contributed by atoms with Gasteiger partial charge < -0.3 is 0 Å². The molecule has 0 spiro atoms. The molecule has 3 aromatic rings. The molecule has 22 heavy (non-hydrogen) atoms. The van der Waals surface area contributed by atoms with E-state index in [1.165, 1.54) is 0 Å². The number of fused-ring (bicyclic) bond motifs is 3. The number of nitrogen functional groups attached to an aromatic ring is 2. The Labute approximate surface area is 126 Å². The van der Waals surface area contributed by atoms with Crippen LogP contribution in [-0.2, 0) is 0 Å². The first-order valence-corrected chi connectivity index (χ1v) is 6.63. The van der Waals surface area contributed by atoms with Crippen LogP contribution in [0, 0.1) is 0 Å². The molecule has 0 aliphatic rings. The second-order valence-electron chi connectivity index (χ2n) is 4.85. The van der Waals surface area contributed by atoms with Crippen LogP contribution in [0.1, 0.15) is 20.7 Å². The zero-order chi connectivity index (χ0) is 15.7. The van der Waals surface area contributed by atoms with E-state index in [4.69, 9.17) is 11.7 Å². The highest BCUT2D eigenvalue weighted by Gasteiger charge is 2.13. The van der Waals surface area contributed by atoms with E-state index in [2.05, 4.69) is 10.9 Å². The molecular weight excluding hydrogens is 280 g/mol. The Balaban J connectivity index is 2.38. The lowest BCUT2D eigenvalue weighted by atomic mass is 9.95. The van der Waals surface area contributed by atoms with Gasteiger partial charge in [-0.1, -0.05) is 30.3 Å². The van der Waals surface area contributed by atoms with E-state index in [1.54, 1.807) is 24.3 Å². The van der Waals surface area contributed by atoms with Crippen LogP contribution < -0.4 is 22.5 Å². The predicted molar refractivity (Wildman–Crippen MR) is 84.8 cm³/mol. The Morgan fingerprint density at radius 2 is 1.45 bits per heavy atom. The van der Waals surface area contributed by atoms with Crippen molar-refractivity contribution in [2.75, 3.05) is 0 Å². The van der Waals surface area contributed by atoms with E-state index < -0.39 is 0 Å². The van der Waals surface area contributed by atoms with Crippen LogP contribution >= 0.6 is 0 Å². The third-order valence-electron chi connectivity index (χ3n) is 3.63. The lowest BCUT2D eigenvalue weighted by Crippen LogP contribution is -2.30. The summed E-state index contributed by atoms with van der Waals surface area (Å²) in [7, 11) is 0. The van der Waals surface area contributed by atoms with Gasteiger partial charge in [0.05, 0.1) is 0 Å². The summed E-state index contributed by atoms with van der Waals surface area (Å²) in [5.74, 6) is 9.71. The zero-order valence-corrected chi connectivity index (χ0v) is 11.6. The minimum atomic E-state index is -0.366. The number of nitrogens with one attached hydrogen (secondary N) is 2. The van der Waals surface area contributed by atoms with E-state index in [0.29, 0.717) is 11.1 Å². The number of amides is 2. The minimum absolute atomic E-state index is 0.359. The molecule has 0 heterocycles. The van der Waals surface area contributed by atoms with Gasteiger partial charge in [0, 0.05) is 11.1 Å². The Morgan fingerprint density at radius 1 is 0.773 bits per heavy atom. The number of rotatable bonds is 2. The first-order valence-electron chi connectivity index (χ1n) is 6.63. The number of carbonyl (C=O) groups excluding carboxylic acids is 2. The third-order valence-corrected chi connectivity index (χ3v) is 3.63. The molecular formula is C16H14N4O2. The fourth-order valence-corrected chi connectivity index (χ4v) is 2.59. The van der Waals surface area contributed by atoms with Crippen molar-refractivity contribution in [1.29, 1.82) is 0 Å². The molecule has 0 saturated carbocycles. The number of nitrogens with two attached hydrogens (primary N) is 2. The van der Waals surface area contributed by atoms with Gasteiger partial charge in [-0.25, -0.2) is 11.7 Å². The van der Waals surface area contributed by atoms with Gasteiger partial charge in [-0.15, -0.1) is 0 Å². The third kappa shape index (κ3) is 2.16. The summed E-state index contributed by atoms with van der Waals surface area (Å²) < 4.78 is 0. The zero-order valence-electron chi connectivity index (χ0n) is 11.6. The van der Waals surface area contributed by atoms with Gasteiger partial charge >= 0.3 is 0 Å². The highest BCUT2D eigenvalue weighted by molar-refractivity contribution is 6.18. The molecule has 0 bridgehead atoms. The molecule has 0 atom stereocenters. The van der Waals surface area contributed by atoms with Crippen LogP contribution in [0.4, 0.5) is 0 Å². The van der Waals surface area contributed by atoms with Gasteiger partial charge in [-0.3, -0.25) is 20.4 Å². The van der Waals surface area contributed by atoms with Gasteiger partial charge in [0.1, 0.15) is 0 Å². The molecule has 2 amide bonds. The predicted octanol–water partition coefficient (Wildman–Crippen LogP) is 1.20. The minimum Gasteiger partial charge on any atom is -0.290 e. The summed E-state index contributed by atoms with van der Waals surface area (Å²) >= 11 is 0. The van der Waals surface area contributed by atoms with Gasteiger partial charge in [-0.2, -0.15) is 0 Å². The van der Waals surface area contributed by atoms with Crippen molar-refractivity contribution in [1.82, 2.24) is 10.9 Å². The van der Waals surface area contributed by atoms with Crippen LogP contribution in [0.25, 0.3) is 21.5 Å². The molecule has 110 valence electrons. The molecule has 3 aromatic carbocycles. The number of hydrogen-bond acceptors (Lipinski definition) is 4. The smallest absolute Gasteiger partial charge is 0.265 e. The molecule has 0 unspecified atom stereocenters. The fraction of sp³-hybridized carbons (Fsp3) is 0. The topological polar surface area (TPSA) is 110 Å². The summed E-state index contributed by atoms with van der Waals surface area (Å²) in [4.78, 5) is 23.7. The molecule has 6 N–H and O–H groups in total. The lowest BCUT2D eigenvalue weighted by molar-refractivity contribution is 0.0946. The van der Waals surface area contributed by atoms with Crippen molar-refractivity contribution in [3.8, 4) is 0 Å². The van der Waals surface area contributed by atoms with Gasteiger partial charge in [0.25, 0.3) is 11.8 Å². The lowest BCUT2D eigenvalue weighted by Gasteiger charge is -2.10. The number of hydrogen-bond donors (Lipinski definition) is 4. The van der Waals surface area contributed by atoms with Crippen molar-refractivity contribution < 1.29 is 9.59 Å². The summed E-state index contributed by atoms with van der Waals surface area (Å²) in [6.07, 6.45) is 0. The van der Waals surface area contributed by atoms with Crippen LogP contribution in [-0.4, -0.2) is 11.8 Å². The molecule has 0 radical (unpaired) electrons. The summed E-state index contributed by atoms with van der Waals surface area (Å²) in [6, 6.07) is 14.4. The van der Waals surface area contributed by atoms with Crippen LogP contribution in [0.3, 0.4) is 0 Å². The molecule has 0 saturated heterocycles. The number of benzene rings is 3. The second-order valence-corrected chi connectivity index (χ2v) is 4.85. The Bertz CT molecular complexity index is 905. The average molecular weight is 294 g/mol. The molecule has 3 rings (SSSR count). The second kappa shape index (κ2) is 5.44. The largest absolute Gasteiger partial charge is 0.290 e.